The van der Waals surface area contributed by atoms with Crippen molar-refractivity contribution in [2.45, 2.75) is 0 Å². The van der Waals surface area contributed by atoms with Crippen LogP contribution in [0.1, 0.15) is 15.9 Å². The molecule has 25 heavy (non-hydrogen) atoms. The zero-order chi connectivity index (χ0) is 18.4. The largest absolute Gasteiger partial charge is 0.478 e. The molecule has 124 valence electrons. The first-order chi connectivity index (χ1) is 11.9. The standard InChI is InChI=1S/C17H11N3O5/c18-10-13(9-11-1-7-15(8-2-11)20(24)25)16(21)19-14-5-3-12(4-6-14)17(22)23/h1-9H,(H,19,21)(H,22,23)/b13-9+. The molecule has 0 aliphatic carbocycles. The number of non-ortho nitro benzene ring substituents is 1. The van der Waals surface area contributed by atoms with E-state index in [0.717, 1.165) is 0 Å². The van der Waals surface area contributed by atoms with E-state index in [1.54, 1.807) is 6.07 Å². The number of aromatic carboxylic acids is 1. The molecule has 0 saturated heterocycles. The molecule has 0 atom stereocenters. The van der Waals surface area contributed by atoms with Crippen molar-refractivity contribution in [3.63, 3.8) is 0 Å². The van der Waals surface area contributed by atoms with Crippen LogP contribution in [0.2, 0.25) is 0 Å². The van der Waals surface area contributed by atoms with Crippen molar-refractivity contribution in [3.8, 4) is 6.07 Å². The van der Waals surface area contributed by atoms with Crippen LogP contribution < -0.4 is 5.32 Å². The molecular weight excluding hydrogens is 326 g/mol. The first-order valence-corrected chi connectivity index (χ1v) is 6.91. The fourth-order valence-electron chi connectivity index (χ4n) is 1.90. The first-order valence-electron chi connectivity index (χ1n) is 6.91. The van der Waals surface area contributed by atoms with E-state index < -0.39 is 16.8 Å². The highest BCUT2D eigenvalue weighted by atomic mass is 16.6. The first kappa shape index (κ1) is 17.4. The van der Waals surface area contributed by atoms with Gasteiger partial charge in [0, 0.05) is 17.8 Å². The quantitative estimate of drug-likeness (QED) is 0.373. The molecule has 0 heterocycles. The summed E-state index contributed by atoms with van der Waals surface area (Å²) in [6, 6.07) is 12.6. The van der Waals surface area contributed by atoms with E-state index in [9.17, 15) is 19.7 Å². The predicted molar refractivity (Wildman–Crippen MR) is 88.7 cm³/mol. The summed E-state index contributed by atoms with van der Waals surface area (Å²) < 4.78 is 0. The second-order valence-corrected chi connectivity index (χ2v) is 4.86. The van der Waals surface area contributed by atoms with E-state index in [0.29, 0.717) is 11.3 Å². The van der Waals surface area contributed by atoms with Gasteiger partial charge >= 0.3 is 5.97 Å². The van der Waals surface area contributed by atoms with Crippen LogP contribution in [0.15, 0.2) is 54.1 Å². The van der Waals surface area contributed by atoms with Crippen molar-refractivity contribution in [2.75, 3.05) is 5.32 Å². The van der Waals surface area contributed by atoms with Gasteiger partial charge < -0.3 is 10.4 Å². The third-order valence-electron chi connectivity index (χ3n) is 3.17. The molecule has 0 aromatic heterocycles. The molecular formula is C17H11N3O5. The number of carboxylic acids is 1. The normalized spacial score (nSPS) is 10.6. The molecule has 0 aliphatic rings. The highest BCUT2D eigenvalue weighted by Gasteiger charge is 2.11. The van der Waals surface area contributed by atoms with Gasteiger partial charge in [-0.2, -0.15) is 5.26 Å². The number of benzene rings is 2. The number of nitro groups is 1. The third kappa shape index (κ3) is 4.49. The number of hydrogen-bond donors (Lipinski definition) is 2. The zero-order valence-electron chi connectivity index (χ0n) is 12.7. The number of carbonyl (C=O) groups excluding carboxylic acids is 1. The average molecular weight is 337 g/mol. The molecule has 2 aromatic carbocycles. The maximum Gasteiger partial charge on any atom is 0.335 e. The summed E-state index contributed by atoms with van der Waals surface area (Å²) in [7, 11) is 0. The molecule has 0 bridgehead atoms. The zero-order valence-corrected chi connectivity index (χ0v) is 12.7. The Morgan fingerprint density at radius 1 is 1.12 bits per heavy atom. The molecule has 0 unspecified atom stereocenters. The van der Waals surface area contributed by atoms with Gasteiger partial charge in [-0.15, -0.1) is 0 Å². The summed E-state index contributed by atoms with van der Waals surface area (Å²) >= 11 is 0. The van der Waals surface area contributed by atoms with Crippen molar-refractivity contribution < 1.29 is 19.6 Å². The second kappa shape index (κ2) is 7.52. The Kier molecular flexibility index (Phi) is 5.22. The molecule has 0 spiro atoms. The number of rotatable bonds is 5. The molecule has 8 heteroatoms. The summed E-state index contributed by atoms with van der Waals surface area (Å²) in [5, 5.41) is 31.0. The fourth-order valence-corrected chi connectivity index (χ4v) is 1.90. The van der Waals surface area contributed by atoms with E-state index >= 15 is 0 Å². The third-order valence-corrected chi connectivity index (χ3v) is 3.17. The Bertz CT molecular complexity index is 893. The lowest BCUT2D eigenvalue weighted by Crippen LogP contribution is -2.13. The Morgan fingerprint density at radius 2 is 1.72 bits per heavy atom. The van der Waals surface area contributed by atoms with Gasteiger partial charge in [-0.05, 0) is 48.0 Å². The van der Waals surface area contributed by atoms with Crippen molar-refractivity contribution in [1.29, 1.82) is 5.26 Å². The summed E-state index contributed by atoms with van der Waals surface area (Å²) in [4.78, 5) is 32.9. The highest BCUT2D eigenvalue weighted by Crippen LogP contribution is 2.16. The SMILES string of the molecule is N#C/C(=C\c1ccc([N+](=O)[O-])cc1)C(=O)Nc1ccc(C(=O)O)cc1. The molecule has 2 aromatic rings. The van der Waals surface area contributed by atoms with Crippen LogP contribution in [0.4, 0.5) is 11.4 Å². The van der Waals surface area contributed by atoms with Crippen molar-refractivity contribution in [1.82, 2.24) is 0 Å². The van der Waals surface area contributed by atoms with Gasteiger partial charge in [0.15, 0.2) is 0 Å². The van der Waals surface area contributed by atoms with Gasteiger partial charge in [0.2, 0.25) is 0 Å². The number of nitro benzene ring substituents is 1. The number of nitriles is 1. The van der Waals surface area contributed by atoms with Crippen LogP contribution in [0.25, 0.3) is 6.08 Å². The summed E-state index contributed by atoms with van der Waals surface area (Å²) in [6.07, 6.45) is 1.30. The number of amides is 1. The van der Waals surface area contributed by atoms with Gasteiger partial charge in [0.05, 0.1) is 10.5 Å². The molecule has 8 nitrogen and oxygen atoms in total. The molecule has 0 fully saturated rings. The summed E-state index contributed by atoms with van der Waals surface area (Å²) in [5.41, 5.74) is 0.563. The predicted octanol–water partition coefficient (Wildman–Crippen LogP) is 2.84. The Labute approximate surface area is 141 Å². The van der Waals surface area contributed by atoms with Crippen LogP contribution in [0.3, 0.4) is 0 Å². The van der Waals surface area contributed by atoms with Crippen LogP contribution in [-0.4, -0.2) is 21.9 Å². The van der Waals surface area contributed by atoms with Crippen molar-refractivity contribution in [2.24, 2.45) is 0 Å². The molecule has 0 saturated carbocycles. The minimum Gasteiger partial charge on any atom is -0.478 e. The van der Waals surface area contributed by atoms with Crippen LogP contribution in [0, 0.1) is 21.4 Å². The van der Waals surface area contributed by atoms with Gasteiger partial charge in [-0.25, -0.2) is 4.79 Å². The van der Waals surface area contributed by atoms with Crippen molar-refractivity contribution in [3.05, 3.63) is 75.3 Å². The topological polar surface area (TPSA) is 133 Å². The molecule has 2 N–H and O–H groups in total. The van der Waals surface area contributed by atoms with Crippen LogP contribution >= 0.6 is 0 Å². The lowest BCUT2D eigenvalue weighted by atomic mass is 10.1. The molecule has 0 aliphatic heterocycles. The summed E-state index contributed by atoms with van der Waals surface area (Å²) in [5.74, 6) is -1.77. The second-order valence-electron chi connectivity index (χ2n) is 4.86. The number of nitrogens with zero attached hydrogens (tertiary/aromatic N) is 2. The Balaban J connectivity index is 2.16. The van der Waals surface area contributed by atoms with Crippen LogP contribution in [0.5, 0.6) is 0 Å². The molecule has 2 rings (SSSR count). The lowest BCUT2D eigenvalue weighted by Gasteiger charge is -2.04. The number of carbonyl (C=O) groups is 2. The van der Waals surface area contributed by atoms with E-state index in [1.807, 2.05) is 0 Å². The number of hydrogen-bond acceptors (Lipinski definition) is 5. The van der Waals surface area contributed by atoms with Gasteiger partial charge in [0.1, 0.15) is 11.6 Å². The van der Waals surface area contributed by atoms with E-state index in [1.165, 1.54) is 54.6 Å². The fraction of sp³-hybridized carbons (Fsp3) is 0. The average Bonchev–Trinajstić information content (AvgIpc) is 2.60. The summed E-state index contributed by atoms with van der Waals surface area (Å²) in [6.45, 7) is 0. The van der Waals surface area contributed by atoms with Gasteiger partial charge in [-0.1, -0.05) is 0 Å². The van der Waals surface area contributed by atoms with Gasteiger partial charge in [-0.3, -0.25) is 14.9 Å². The number of carboxylic acid groups (broad SMARTS) is 1. The Morgan fingerprint density at radius 3 is 2.20 bits per heavy atom. The maximum absolute atomic E-state index is 12.1. The molecule has 1 amide bonds. The Hall–Kier alpha value is -3.99. The van der Waals surface area contributed by atoms with Crippen molar-refractivity contribution >= 4 is 29.3 Å². The monoisotopic (exact) mass is 337 g/mol. The maximum atomic E-state index is 12.1. The van der Waals surface area contributed by atoms with E-state index in [4.69, 9.17) is 10.4 Å². The minimum atomic E-state index is -1.09. The smallest absolute Gasteiger partial charge is 0.335 e. The molecule has 0 radical (unpaired) electrons. The lowest BCUT2D eigenvalue weighted by molar-refractivity contribution is -0.384. The van der Waals surface area contributed by atoms with E-state index in [2.05, 4.69) is 5.32 Å². The minimum absolute atomic E-state index is 0.0694. The van der Waals surface area contributed by atoms with Gasteiger partial charge in [0.25, 0.3) is 11.6 Å². The van der Waals surface area contributed by atoms with E-state index in [-0.39, 0.29) is 16.8 Å². The van der Waals surface area contributed by atoms with Crippen LogP contribution in [-0.2, 0) is 4.79 Å². The number of nitrogens with one attached hydrogen (secondary N) is 1. The highest BCUT2D eigenvalue weighted by molar-refractivity contribution is 6.09. The number of anilines is 1.